The van der Waals surface area contributed by atoms with E-state index in [2.05, 4.69) is 36.3 Å². The van der Waals surface area contributed by atoms with Crippen molar-refractivity contribution in [3.05, 3.63) is 5.01 Å². The predicted octanol–water partition coefficient (Wildman–Crippen LogP) is 3.70. The number of anilines is 1. The Kier molecular flexibility index (Phi) is 5.58. The van der Waals surface area contributed by atoms with Crippen molar-refractivity contribution in [1.29, 1.82) is 0 Å². The second-order valence-electron chi connectivity index (χ2n) is 5.63. The zero-order valence-electron chi connectivity index (χ0n) is 12.2. The molecule has 1 N–H and O–H groups in total. The van der Waals surface area contributed by atoms with Gasteiger partial charge < -0.3 is 10.1 Å². The van der Waals surface area contributed by atoms with E-state index in [4.69, 9.17) is 4.74 Å². The number of aromatic nitrogens is 2. The normalized spacial score (nSPS) is 27.4. The number of ether oxygens (including phenoxy) is 1. The molecule has 0 bridgehead atoms. The fourth-order valence-electron chi connectivity index (χ4n) is 2.45. The van der Waals surface area contributed by atoms with E-state index in [-0.39, 0.29) is 0 Å². The first-order valence-electron chi connectivity index (χ1n) is 7.37. The van der Waals surface area contributed by atoms with E-state index >= 15 is 0 Å². The Bertz CT molecular complexity index is 383. The molecule has 1 saturated carbocycles. The first-order chi connectivity index (χ1) is 9.19. The van der Waals surface area contributed by atoms with E-state index < -0.39 is 0 Å². The van der Waals surface area contributed by atoms with E-state index in [1.54, 1.807) is 11.3 Å². The van der Waals surface area contributed by atoms with Crippen LogP contribution in [0.3, 0.4) is 0 Å². The van der Waals surface area contributed by atoms with Gasteiger partial charge in [0.1, 0.15) is 11.6 Å². The highest BCUT2D eigenvalue weighted by atomic mass is 32.1. The van der Waals surface area contributed by atoms with Crippen LogP contribution in [0.4, 0.5) is 5.13 Å². The van der Waals surface area contributed by atoms with Crippen LogP contribution in [0, 0.1) is 11.8 Å². The van der Waals surface area contributed by atoms with Gasteiger partial charge in [-0.05, 0) is 37.5 Å². The maximum absolute atomic E-state index is 5.99. The van der Waals surface area contributed by atoms with Gasteiger partial charge in [0.25, 0.3) is 0 Å². The van der Waals surface area contributed by atoms with E-state index in [9.17, 15) is 0 Å². The van der Waals surface area contributed by atoms with Gasteiger partial charge in [0.15, 0.2) is 0 Å². The minimum absolute atomic E-state index is 0.405. The Hall–Kier alpha value is -0.680. The summed E-state index contributed by atoms with van der Waals surface area (Å²) in [5, 5.41) is 13.4. The maximum Gasteiger partial charge on any atom is 0.205 e. The molecule has 0 aromatic carbocycles. The molecule has 108 valence electrons. The van der Waals surface area contributed by atoms with Crippen LogP contribution in [0.5, 0.6) is 0 Å². The van der Waals surface area contributed by atoms with Gasteiger partial charge in [-0.1, -0.05) is 32.1 Å². The second kappa shape index (κ2) is 7.20. The smallest absolute Gasteiger partial charge is 0.205 e. The SMILES string of the molecule is CCCNc1nnc(COC2CCC(C)C(C)C2)s1. The third kappa shape index (κ3) is 4.42. The predicted molar refractivity (Wildman–Crippen MR) is 79.4 cm³/mol. The van der Waals surface area contributed by atoms with Crippen molar-refractivity contribution < 1.29 is 4.74 Å². The highest BCUT2D eigenvalue weighted by Crippen LogP contribution is 2.31. The van der Waals surface area contributed by atoms with E-state index in [0.29, 0.717) is 12.7 Å². The fraction of sp³-hybridized carbons (Fsp3) is 0.857. The Morgan fingerprint density at radius 3 is 2.84 bits per heavy atom. The summed E-state index contributed by atoms with van der Waals surface area (Å²) in [6, 6.07) is 0. The molecule has 1 heterocycles. The first-order valence-corrected chi connectivity index (χ1v) is 8.18. The number of nitrogens with zero attached hydrogens (tertiary/aromatic N) is 2. The van der Waals surface area contributed by atoms with Crippen molar-refractivity contribution in [2.75, 3.05) is 11.9 Å². The highest BCUT2D eigenvalue weighted by Gasteiger charge is 2.25. The molecular formula is C14H25N3OS. The lowest BCUT2D eigenvalue weighted by atomic mass is 9.80. The summed E-state index contributed by atoms with van der Waals surface area (Å²) >= 11 is 1.60. The van der Waals surface area contributed by atoms with E-state index in [1.165, 1.54) is 19.3 Å². The van der Waals surface area contributed by atoms with Crippen LogP contribution < -0.4 is 5.32 Å². The topological polar surface area (TPSA) is 47.0 Å². The van der Waals surface area contributed by atoms with Crippen LogP contribution in [-0.4, -0.2) is 22.8 Å². The number of nitrogens with one attached hydrogen (secondary N) is 1. The summed E-state index contributed by atoms with van der Waals surface area (Å²) in [6.45, 7) is 8.38. The van der Waals surface area contributed by atoms with Crippen LogP contribution >= 0.6 is 11.3 Å². The average molecular weight is 283 g/mol. The molecule has 4 nitrogen and oxygen atoms in total. The Morgan fingerprint density at radius 1 is 1.26 bits per heavy atom. The van der Waals surface area contributed by atoms with E-state index in [0.717, 1.165) is 34.9 Å². The summed E-state index contributed by atoms with van der Waals surface area (Å²) < 4.78 is 5.99. The lowest BCUT2D eigenvalue weighted by Crippen LogP contribution is -2.26. The van der Waals surface area contributed by atoms with Crippen molar-refractivity contribution >= 4 is 16.5 Å². The van der Waals surface area contributed by atoms with Crippen LogP contribution in [-0.2, 0) is 11.3 Å². The monoisotopic (exact) mass is 283 g/mol. The molecule has 0 aliphatic heterocycles. The molecule has 1 fully saturated rings. The second-order valence-corrected chi connectivity index (χ2v) is 6.69. The molecule has 1 aliphatic rings. The van der Waals surface area contributed by atoms with Gasteiger partial charge in [0, 0.05) is 6.54 Å². The molecule has 5 heteroatoms. The van der Waals surface area contributed by atoms with Crippen molar-refractivity contribution in [2.24, 2.45) is 11.8 Å². The Morgan fingerprint density at radius 2 is 2.11 bits per heavy atom. The number of rotatable bonds is 6. The first kappa shape index (κ1) is 14.7. The van der Waals surface area contributed by atoms with Gasteiger partial charge in [-0.3, -0.25) is 0 Å². The zero-order chi connectivity index (χ0) is 13.7. The van der Waals surface area contributed by atoms with Crippen LogP contribution in [0.25, 0.3) is 0 Å². The van der Waals surface area contributed by atoms with Gasteiger partial charge in [0.05, 0.1) is 6.10 Å². The molecular weight excluding hydrogens is 258 g/mol. The largest absolute Gasteiger partial charge is 0.371 e. The molecule has 1 aliphatic carbocycles. The summed E-state index contributed by atoms with van der Waals surface area (Å²) in [6.07, 6.45) is 5.16. The molecule has 3 unspecified atom stereocenters. The minimum atomic E-state index is 0.405. The molecule has 0 spiro atoms. The highest BCUT2D eigenvalue weighted by molar-refractivity contribution is 7.15. The van der Waals surface area contributed by atoms with Crippen molar-refractivity contribution in [2.45, 2.75) is 59.2 Å². The third-order valence-electron chi connectivity index (χ3n) is 3.99. The molecule has 0 saturated heterocycles. The Balaban J connectivity index is 1.74. The summed E-state index contributed by atoms with van der Waals surface area (Å²) in [4.78, 5) is 0. The van der Waals surface area contributed by atoms with Gasteiger partial charge >= 0.3 is 0 Å². The number of hydrogen-bond donors (Lipinski definition) is 1. The van der Waals surface area contributed by atoms with Gasteiger partial charge in [-0.2, -0.15) is 0 Å². The average Bonchev–Trinajstić information content (AvgIpc) is 2.86. The quantitative estimate of drug-likeness (QED) is 0.864. The van der Waals surface area contributed by atoms with Crippen molar-refractivity contribution in [1.82, 2.24) is 10.2 Å². The van der Waals surface area contributed by atoms with Crippen LogP contribution in [0.15, 0.2) is 0 Å². The molecule has 19 heavy (non-hydrogen) atoms. The summed E-state index contributed by atoms with van der Waals surface area (Å²) in [7, 11) is 0. The summed E-state index contributed by atoms with van der Waals surface area (Å²) in [5.74, 6) is 1.61. The lowest BCUT2D eigenvalue weighted by molar-refractivity contribution is -0.00768. The molecule has 0 radical (unpaired) electrons. The standard InChI is InChI=1S/C14H25N3OS/c1-4-7-15-14-17-16-13(19-14)9-18-12-6-5-10(2)11(3)8-12/h10-12H,4-9H2,1-3H3,(H,15,17). The molecule has 0 amide bonds. The van der Waals surface area contributed by atoms with E-state index in [1.807, 2.05) is 0 Å². The maximum atomic E-state index is 5.99. The lowest BCUT2D eigenvalue weighted by Gasteiger charge is -2.31. The molecule has 2 rings (SSSR count). The fourth-order valence-corrected chi connectivity index (χ4v) is 3.14. The Labute approximate surface area is 120 Å². The third-order valence-corrected chi connectivity index (χ3v) is 4.84. The van der Waals surface area contributed by atoms with Gasteiger partial charge in [-0.15, -0.1) is 10.2 Å². The van der Waals surface area contributed by atoms with Crippen LogP contribution in [0.1, 0.15) is 51.5 Å². The molecule has 1 aromatic heterocycles. The zero-order valence-corrected chi connectivity index (χ0v) is 13.0. The summed E-state index contributed by atoms with van der Waals surface area (Å²) in [5.41, 5.74) is 0. The van der Waals surface area contributed by atoms with Gasteiger partial charge in [-0.25, -0.2) is 0 Å². The van der Waals surface area contributed by atoms with Crippen molar-refractivity contribution in [3.8, 4) is 0 Å². The molecule has 3 atom stereocenters. The van der Waals surface area contributed by atoms with Crippen molar-refractivity contribution in [3.63, 3.8) is 0 Å². The van der Waals surface area contributed by atoms with Gasteiger partial charge in [0.2, 0.25) is 5.13 Å². The van der Waals surface area contributed by atoms with Crippen LogP contribution in [0.2, 0.25) is 0 Å². The number of hydrogen-bond acceptors (Lipinski definition) is 5. The minimum Gasteiger partial charge on any atom is -0.371 e. The molecule has 1 aromatic rings.